The number of hydrazine groups is 1. The summed E-state index contributed by atoms with van der Waals surface area (Å²) in [6.07, 6.45) is 1.47. The van der Waals surface area contributed by atoms with Crippen molar-refractivity contribution in [1.29, 1.82) is 0 Å². The minimum Gasteiger partial charge on any atom is -0.364 e. The van der Waals surface area contributed by atoms with Crippen LogP contribution in [0.4, 0.5) is 5.69 Å². The van der Waals surface area contributed by atoms with Crippen molar-refractivity contribution in [2.24, 2.45) is 5.84 Å². The van der Waals surface area contributed by atoms with Crippen LogP contribution in [-0.4, -0.2) is 11.1 Å². The number of nitrogens with two attached hydrogens (primary N) is 1. The number of amides is 1. The van der Waals surface area contributed by atoms with Crippen LogP contribution in [0.5, 0.6) is 0 Å². The maximum Gasteiger partial charge on any atom is 0.251 e. The maximum atomic E-state index is 11.9. The Morgan fingerprint density at radius 1 is 1.44 bits per heavy atom. The summed E-state index contributed by atoms with van der Waals surface area (Å²) in [4.78, 5) is 11.9. The van der Waals surface area contributed by atoms with Crippen molar-refractivity contribution >= 4 is 11.6 Å². The molecule has 1 amide bonds. The van der Waals surface area contributed by atoms with Crippen molar-refractivity contribution in [3.63, 3.8) is 0 Å². The molecule has 0 aliphatic heterocycles. The molecular formula is C12H14N4O2. The van der Waals surface area contributed by atoms with Gasteiger partial charge in [0.2, 0.25) is 0 Å². The summed E-state index contributed by atoms with van der Waals surface area (Å²) < 4.78 is 4.68. The minimum absolute atomic E-state index is 0.154. The highest BCUT2D eigenvalue weighted by molar-refractivity contribution is 5.95. The van der Waals surface area contributed by atoms with Crippen LogP contribution in [-0.2, 0) is 6.54 Å². The van der Waals surface area contributed by atoms with Gasteiger partial charge in [-0.05, 0) is 30.7 Å². The topological polar surface area (TPSA) is 93.2 Å². The Hall–Kier alpha value is -2.34. The predicted octanol–water partition coefficient (Wildman–Crippen LogP) is 1.20. The van der Waals surface area contributed by atoms with Crippen molar-refractivity contribution in [3.05, 3.63) is 47.3 Å². The maximum absolute atomic E-state index is 11.9. The largest absolute Gasteiger partial charge is 0.364 e. The molecule has 0 atom stereocenters. The van der Waals surface area contributed by atoms with E-state index in [1.54, 1.807) is 18.2 Å². The Morgan fingerprint density at radius 2 is 2.28 bits per heavy atom. The van der Waals surface area contributed by atoms with E-state index in [1.165, 1.54) is 6.26 Å². The number of nitrogens with one attached hydrogen (secondary N) is 2. The van der Waals surface area contributed by atoms with Gasteiger partial charge in [-0.25, -0.2) is 0 Å². The van der Waals surface area contributed by atoms with Gasteiger partial charge in [0.15, 0.2) is 0 Å². The van der Waals surface area contributed by atoms with Gasteiger partial charge >= 0.3 is 0 Å². The lowest BCUT2D eigenvalue weighted by atomic mass is 10.1. The fourth-order valence-corrected chi connectivity index (χ4v) is 1.60. The number of hydrogen-bond acceptors (Lipinski definition) is 5. The van der Waals surface area contributed by atoms with Gasteiger partial charge in [0.1, 0.15) is 12.0 Å². The van der Waals surface area contributed by atoms with Crippen LogP contribution >= 0.6 is 0 Å². The van der Waals surface area contributed by atoms with Gasteiger partial charge in [-0.1, -0.05) is 5.16 Å². The molecule has 1 aromatic carbocycles. The smallest absolute Gasteiger partial charge is 0.251 e. The normalized spacial score (nSPS) is 10.1. The molecule has 0 bridgehead atoms. The number of benzene rings is 1. The Morgan fingerprint density at radius 3 is 2.89 bits per heavy atom. The van der Waals surface area contributed by atoms with E-state index in [-0.39, 0.29) is 5.91 Å². The Labute approximate surface area is 104 Å². The van der Waals surface area contributed by atoms with Gasteiger partial charge in [-0.2, -0.15) is 0 Å². The molecule has 18 heavy (non-hydrogen) atoms. The lowest BCUT2D eigenvalue weighted by Crippen LogP contribution is -2.23. The van der Waals surface area contributed by atoms with Crippen LogP contribution in [0.1, 0.15) is 21.6 Å². The molecule has 0 saturated heterocycles. The zero-order valence-electron chi connectivity index (χ0n) is 9.93. The fourth-order valence-electron chi connectivity index (χ4n) is 1.60. The quantitative estimate of drug-likeness (QED) is 0.556. The molecule has 4 N–H and O–H groups in total. The average molecular weight is 246 g/mol. The van der Waals surface area contributed by atoms with Crippen molar-refractivity contribution in [1.82, 2.24) is 10.5 Å². The first-order valence-corrected chi connectivity index (χ1v) is 5.45. The second kappa shape index (κ2) is 5.33. The zero-order valence-corrected chi connectivity index (χ0v) is 9.93. The van der Waals surface area contributed by atoms with E-state index < -0.39 is 0 Å². The molecule has 6 heteroatoms. The van der Waals surface area contributed by atoms with Crippen molar-refractivity contribution < 1.29 is 9.32 Å². The third-order valence-electron chi connectivity index (χ3n) is 2.56. The lowest BCUT2D eigenvalue weighted by molar-refractivity contribution is 0.0949. The SMILES string of the molecule is Cc1cc(NN)ccc1C(=O)NCc1ccon1. The summed E-state index contributed by atoms with van der Waals surface area (Å²) in [5.74, 6) is 5.14. The number of rotatable bonds is 4. The Bertz CT molecular complexity index is 537. The van der Waals surface area contributed by atoms with Crippen molar-refractivity contribution in [2.45, 2.75) is 13.5 Å². The summed E-state index contributed by atoms with van der Waals surface area (Å²) in [7, 11) is 0. The van der Waals surface area contributed by atoms with Gasteiger partial charge < -0.3 is 15.3 Å². The van der Waals surface area contributed by atoms with Gasteiger partial charge in [-0.3, -0.25) is 10.6 Å². The number of aromatic nitrogens is 1. The molecule has 0 aliphatic carbocycles. The minimum atomic E-state index is -0.154. The molecular weight excluding hydrogens is 232 g/mol. The van der Waals surface area contributed by atoms with Crippen LogP contribution in [0.15, 0.2) is 35.1 Å². The molecule has 94 valence electrons. The number of carbonyl (C=O) groups excluding carboxylic acids is 1. The summed E-state index contributed by atoms with van der Waals surface area (Å²) >= 11 is 0. The van der Waals surface area contributed by atoms with E-state index in [0.29, 0.717) is 17.8 Å². The number of anilines is 1. The van der Waals surface area contributed by atoms with E-state index in [4.69, 9.17) is 5.84 Å². The van der Waals surface area contributed by atoms with E-state index in [9.17, 15) is 4.79 Å². The highest BCUT2D eigenvalue weighted by Crippen LogP contribution is 2.14. The molecule has 0 unspecified atom stereocenters. The lowest BCUT2D eigenvalue weighted by Gasteiger charge is -2.08. The van der Waals surface area contributed by atoms with E-state index in [1.807, 2.05) is 13.0 Å². The van der Waals surface area contributed by atoms with E-state index in [0.717, 1.165) is 11.3 Å². The molecule has 0 aliphatic rings. The number of carbonyl (C=O) groups is 1. The number of nitrogen functional groups attached to an aromatic ring is 1. The predicted molar refractivity (Wildman–Crippen MR) is 66.7 cm³/mol. The first-order valence-electron chi connectivity index (χ1n) is 5.45. The molecule has 0 radical (unpaired) electrons. The highest BCUT2D eigenvalue weighted by atomic mass is 16.5. The van der Waals surface area contributed by atoms with E-state index >= 15 is 0 Å². The van der Waals surface area contributed by atoms with E-state index in [2.05, 4.69) is 20.4 Å². The second-order valence-corrected chi connectivity index (χ2v) is 3.85. The first kappa shape index (κ1) is 12.1. The second-order valence-electron chi connectivity index (χ2n) is 3.85. The molecule has 0 spiro atoms. The number of nitrogens with zero attached hydrogens (tertiary/aromatic N) is 1. The summed E-state index contributed by atoms with van der Waals surface area (Å²) in [5.41, 5.74) is 5.44. The van der Waals surface area contributed by atoms with Crippen LogP contribution in [0.3, 0.4) is 0 Å². The molecule has 1 heterocycles. The molecule has 2 aromatic rings. The molecule has 1 aromatic heterocycles. The summed E-state index contributed by atoms with van der Waals surface area (Å²) in [6, 6.07) is 6.99. The number of aryl methyl sites for hydroxylation is 1. The van der Waals surface area contributed by atoms with Crippen molar-refractivity contribution in [2.75, 3.05) is 5.43 Å². The van der Waals surface area contributed by atoms with Crippen LogP contribution in [0.2, 0.25) is 0 Å². The standard InChI is InChI=1S/C12H14N4O2/c1-8-6-9(15-13)2-3-11(8)12(17)14-7-10-4-5-18-16-10/h2-6,15H,7,13H2,1H3,(H,14,17). The van der Waals surface area contributed by atoms with Crippen LogP contribution in [0, 0.1) is 6.92 Å². The van der Waals surface area contributed by atoms with Gasteiger partial charge in [0.05, 0.1) is 6.54 Å². The Kier molecular flexibility index (Phi) is 3.59. The molecule has 2 rings (SSSR count). The van der Waals surface area contributed by atoms with Crippen molar-refractivity contribution in [3.8, 4) is 0 Å². The van der Waals surface area contributed by atoms with Gasteiger partial charge in [0.25, 0.3) is 5.91 Å². The number of hydrogen-bond donors (Lipinski definition) is 3. The fraction of sp³-hybridized carbons (Fsp3) is 0.167. The van der Waals surface area contributed by atoms with Crippen LogP contribution < -0.4 is 16.6 Å². The summed E-state index contributed by atoms with van der Waals surface area (Å²) in [5, 5.41) is 6.48. The van der Waals surface area contributed by atoms with Gasteiger partial charge in [0, 0.05) is 17.3 Å². The average Bonchev–Trinajstić information content (AvgIpc) is 2.88. The Balaban J connectivity index is 2.04. The summed E-state index contributed by atoms with van der Waals surface area (Å²) in [6.45, 7) is 2.19. The molecule has 6 nitrogen and oxygen atoms in total. The highest BCUT2D eigenvalue weighted by Gasteiger charge is 2.09. The third-order valence-corrected chi connectivity index (χ3v) is 2.56. The first-order chi connectivity index (χ1) is 8.70. The van der Waals surface area contributed by atoms with Gasteiger partial charge in [-0.15, -0.1) is 0 Å². The van der Waals surface area contributed by atoms with Crippen LogP contribution in [0.25, 0.3) is 0 Å². The zero-order chi connectivity index (χ0) is 13.0. The monoisotopic (exact) mass is 246 g/mol. The third kappa shape index (κ3) is 2.67. The molecule has 0 saturated carbocycles. The molecule has 0 fully saturated rings.